The topological polar surface area (TPSA) is 78.5 Å². The number of likely N-dealkylation sites (tertiary alicyclic amines) is 1. The Kier molecular flexibility index (Phi) is 5.31. The van der Waals surface area contributed by atoms with Gasteiger partial charge in [-0.3, -0.25) is 14.4 Å². The molecule has 2 N–H and O–H groups in total. The van der Waals surface area contributed by atoms with Gasteiger partial charge in [-0.2, -0.15) is 0 Å². The second-order valence-electron chi connectivity index (χ2n) is 6.31. The van der Waals surface area contributed by atoms with Crippen molar-refractivity contribution in [3.8, 4) is 0 Å². The molecule has 6 heteroatoms. The van der Waals surface area contributed by atoms with Gasteiger partial charge in [-0.05, 0) is 23.8 Å². The second kappa shape index (κ2) is 7.82. The van der Waals surface area contributed by atoms with E-state index in [1.165, 1.54) is 0 Å². The van der Waals surface area contributed by atoms with Gasteiger partial charge in [0.25, 0.3) is 5.91 Å². The molecule has 0 aromatic heterocycles. The molecule has 1 fully saturated rings. The summed E-state index contributed by atoms with van der Waals surface area (Å²) in [7, 11) is 1.55. The van der Waals surface area contributed by atoms with Crippen LogP contribution in [0.25, 0.3) is 0 Å². The van der Waals surface area contributed by atoms with Crippen molar-refractivity contribution >= 4 is 23.4 Å². The molecule has 0 saturated carbocycles. The van der Waals surface area contributed by atoms with E-state index < -0.39 is 5.92 Å². The molecule has 26 heavy (non-hydrogen) atoms. The Bertz CT molecular complexity index is 820. The van der Waals surface area contributed by atoms with E-state index in [1.807, 2.05) is 30.3 Å². The predicted octanol–water partition coefficient (Wildman–Crippen LogP) is 2.03. The van der Waals surface area contributed by atoms with E-state index in [9.17, 15) is 14.4 Å². The zero-order valence-electron chi connectivity index (χ0n) is 14.6. The Morgan fingerprint density at radius 1 is 1.12 bits per heavy atom. The molecule has 1 atom stereocenters. The molecule has 1 saturated heterocycles. The van der Waals surface area contributed by atoms with Crippen molar-refractivity contribution in [3.05, 3.63) is 65.7 Å². The Labute approximate surface area is 152 Å². The molecule has 2 aromatic rings. The van der Waals surface area contributed by atoms with E-state index in [1.54, 1.807) is 36.2 Å². The first-order valence-corrected chi connectivity index (χ1v) is 8.51. The summed E-state index contributed by atoms with van der Waals surface area (Å²) in [5.74, 6) is -0.836. The van der Waals surface area contributed by atoms with Crippen molar-refractivity contribution in [3.63, 3.8) is 0 Å². The summed E-state index contributed by atoms with van der Waals surface area (Å²) in [6.07, 6.45) is 0.202. The van der Waals surface area contributed by atoms with Crippen LogP contribution in [0.1, 0.15) is 22.3 Å². The average Bonchev–Trinajstić information content (AvgIpc) is 3.03. The fourth-order valence-corrected chi connectivity index (χ4v) is 3.03. The van der Waals surface area contributed by atoms with Crippen LogP contribution in [0.2, 0.25) is 0 Å². The fourth-order valence-electron chi connectivity index (χ4n) is 3.03. The first-order valence-electron chi connectivity index (χ1n) is 8.51. The maximum atomic E-state index is 12.5. The van der Waals surface area contributed by atoms with Gasteiger partial charge >= 0.3 is 0 Å². The molecule has 2 aromatic carbocycles. The van der Waals surface area contributed by atoms with Crippen LogP contribution in [-0.4, -0.2) is 36.2 Å². The molecule has 6 nitrogen and oxygen atoms in total. The van der Waals surface area contributed by atoms with Crippen LogP contribution in [0, 0.1) is 5.92 Å². The number of rotatable bonds is 5. The van der Waals surface area contributed by atoms with Gasteiger partial charge in [-0.25, -0.2) is 0 Å². The molecule has 3 amide bonds. The minimum atomic E-state index is -0.394. The first kappa shape index (κ1) is 17.7. The molecular formula is C20H21N3O3. The Balaban J connectivity index is 1.62. The highest BCUT2D eigenvalue weighted by Crippen LogP contribution is 2.22. The molecule has 0 radical (unpaired) electrons. The summed E-state index contributed by atoms with van der Waals surface area (Å²) in [6.45, 7) is 0.907. The molecule has 1 unspecified atom stereocenters. The van der Waals surface area contributed by atoms with Crippen LogP contribution < -0.4 is 10.6 Å². The largest absolute Gasteiger partial charge is 0.355 e. The van der Waals surface area contributed by atoms with E-state index in [-0.39, 0.29) is 24.1 Å². The molecule has 1 heterocycles. The maximum Gasteiger partial charge on any atom is 0.251 e. The minimum Gasteiger partial charge on any atom is -0.355 e. The highest BCUT2D eigenvalue weighted by molar-refractivity contribution is 5.99. The summed E-state index contributed by atoms with van der Waals surface area (Å²) in [4.78, 5) is 38.1. The first-order chi connectivity index (χ1) is 12.6. The van der Waals surface area contributed by atoms with Gasteiger partial charge in [0.2, 0.25) is 11.8 Å². The SMILES string of the molecule is CNC(=O)c1cccc(NC(=O)C2CC(=O)N(Cc3ccccc3)C2)c1. The van der Waals surface area contributed by atoms with E-state index >= 15 is 0 Å². The summed E-state index contributed by atoms with van der Waals surface area (Å²) < 4.78 is 0. The molecular weight excluding hydrogens is 330 g/mol. The van der Waals surface area contributed by atoms with Gasteiger partial charge in [0, 0.05) is 37.8 Å². The monoisotopic (exact) mass is 351 g/mol. The van der Waals surface area contributed by atoms with Crippen molar-refractivity contribution in [1.82, 2.24) is 10.2 Å². The van der Waals surface area contributed by atoms with Crippen LogP contribution in [0.5, 0.6) is 0 Å². The van der Waals surface area contributed by atoms with E-state index in [0.29, 0.717) is 24.3 Å². The van der Waals surface area contributed by atoms with Crippen LogP contribution >= 0.6 is 0 Å². The zero-order valence-corrected chi connectivity index (χ0v) is 14.6. The van der Waals surface area contributed by atoms with Gasteiger partial charge in [-0.15, -0.1) is 0 Å². The normalized spacial score (nSPS) is 16.4. The Morgan fingerprint density at radius 3 is 2.62 bits per heavy atom. The lowest BCUT2D eigenvalue weighted by Gasteiger charge is -2.16. The van der Waals surface area contributed by atoms with Gasteiger partial charge in [0.1, 0.15) is 0 Å². The van der Waals surface area contributed by atoms with Crippen LogP contribution in [0.15, 0.2) is 54.6 Å². The van der Waals surface area contributed by atoms with Crippen molar-refractivity contribution in [2.75, 3.05) is 18.9 Å². The number of hydrogen-bond acceptors (Lipinski definition) is 3. The van der Waals surface area contributed by atoms with Crippen LogP contribution in [-0.2, 0) is 16.1 Å². The number of nitrogens with zero attached hydrogens (tertiary/aromatic N) is 1. The van der Waals surface area contributed by atoms with Gasteiger partial charge in [0.05, 0.1) is 5.92 Å². The zero-order chi connectivity index (χ0) is 18.5. The second-order valence-corrected chi connectivity index (χ2v) is 6.31. The molecule has 0 spiro atoms. The lowest BCUT2D eigenvalue weighted by Crippen LogP contribution is -2.28. The van der Waals surface area contributed by atoms with Crippen molar-refractivity contribution in [1.29, 1.82) is 0 Å². The predicted molar refractivity (Wildman–Crippen MR) is 98.4 cm³/mol. The van der Waals surface area contributed by atoms with Gasteiger partial charge < -0.3 is 15.5 Å². The molecule has 3 rings (SSSR count). The summed E-state index contributed by atoms with van der Waals surface area (Å²) >= 11 is 0. The molecule has 1 aliphatic heterocycles. The Morgan fingerprint density at radius 2 is 1.88 bits per heavy atom. The van der Waals surface area contributed by atoms with Crippen LogP contribution in [0.3, 0.4) is 0 Å². The highest BCUT2D eigenvalue weighted by Gasteiger charge is 2.34. The van der Waals surface area contributed by atoms with E-state index in [4.69, 9.17) is 0 Å². The third kappa shape index (κ3) is 4.08. The van der Waals surface area contributed by atoms with Crippen LogP contribution in [0.4, 0.5) is 5.69 Å². The average molecular weight is 351 g/mol. The fraction of sp³-hybridized carbons (Fsp3) is 0.250. The standard InChI is InChI=1S/C20H21N3O3/c1-21-19(25)15-8-5-9-17(10-15)22-20(26)16-11-18(24)23(13-16)12-14-6-3-2-4-7-14/h2-10,16H,11-13H2,1H3,(H,21,25)(H,22,26). The Hall–Kier alpha value is -3.15. The summed E-state index contributed by atoms with van der Waals surface area (Å²) in [5.41, 5.74) is 2.06. The number of benzene rings is 2. The number of amides is 3. The lowest BCUT2D eigenvalue weighted by atomic mass is 10.1. The third-order valence-electron chi connectivity index (χ3n) is 4.42. The lowest BCUT2D eigenvalue weighted by molar-refractivity contribution is -0.128. The van der Waals surface area contributed by atoms with Gasteiger partial charge in [-0.1, -0.05) is 36.4 Å². The highest BCUT2D eigenvalue weighted by atomic mass is 16.2. The van der Waals surface area contributed by atoms with Gasteiger partial charge in [0.15, 0.2) is 0 Å². The number of carbonyl (C=O) groups excluding carboxylic acids is 3. The minimum absolute atomic E-state index is 0.0203. The number of hydrogen-bond donors (Lipinski definition) is 2. The quantitative estimate of drug-likeness (QED) is 0.865. The maximum absolute atomic E-state index is 12.5. The van der Waals surface area contributed by atoms with Crippen molar-refractivity contribution < 1.29 is 14.4 Å². The molecule has 1 aliphatic rings. The van der Waals surface area contributed by atoms with Crippen molar-refractivity contribution in [2.45, 2.75) is 13.0 Å². The number of nitrogens with one attached hydrogen (secondary N) is 2. The molecule has 0 aliphatic carbocycles. The summed E-state index contributed by atoms with van der Waals surface area (Å²) in [5, 5.41) is 5.36. The molecule has 134 valence electrons. The van der Waals surface area contributed by atoms with Crippen molar-refractivity contribution in [2.24, 2.45) is 5.92 Å². The third-order valence-corrected chi connectivity index (χ3v) is 4.42. The molecule has 0 bridgehead atoms. The van der Waals surface area contributed by atoms with E-state index in [2.05, 4.69) is 10.6 Å². The number of carbonyl (C=O) groups is 3. The number of anilines is 1. The smallest absolute Gasteiger partial charge is 0.251 e. The van der Waals surface area contributed by atoms with E-state index in [0.717, 1.165) is 5.56 Å². The summed E-state index contributed by atoms with van der Waals surface area (Å²) in [6, 6.07) is 16.4.